The van der Waals surface area contributed by atoms with E-state index in [4.69, 9.17) is 14.2 Å². The Morgan fingerprint density at radius 3 is 2.00 bits per heavy atom. The topological polar surface area (TPSA) is 88.1 Å². The Labute approximate surface area is 127 Å². The first-order valence-corrected chi connectivity index (χ1v) is 8.63. The number of carbonyl (C=O) groups excluding carboxylic acids is 1. The summed E-state index contributed by atoms with van der Waals surface area (Å²) in [6.45, 7) is 6.84. The molecular weight excluding hydrogens is 300 g/mol. The lowest BCUT2D eigenvalue weighted by Crippen LogP contribution is -2.23. The van der Waals surface area contributed by atoms with Crippen molar-refractivity contribution in [1.29, 1.82) is 0 Å². The van der Waals surface area contributed by atoms with E-state index in [1.54, 1.807) is 0 Å². The summed E-state index contributed by atoms with van der Waals surface area (Å²) >= 11 is 0. The van der Waals surface area contributed by atoms with Gasteiger partial charge < -0.3 is 14.2 Å². The zero-order valence-electron chi connectivity index (χ0n) is 13.2. The lowest BCUT2D eigenvalue weighted by molar-refractivity contribution is -0.155. The fourth-order valence-corrected chi connectivity index (χ4v) is 1.65. The van der Waals surface area contributed by atoms with Crippen LogP contribution in [0.25, 0.3) is 0 Å². The predicted molar refractivity (Wildman–Crippen MR) is 77.5 cm³/mol. The van der Waals surface area contributed by atoms with E-state index in [1.165, 1.54) is 0 Å². The molecule has 0 saturated carbocycles. The van der Waals surface area contributed by atoms with Crippen LogP contribution in [0, 0.1) is 0 Å². The maximum Gasteiger partial charge on any atom is 0.306 e. The third-order valence-corrected chi connectivity index (χ3v) is 2.58. The Balaban J connectivity index is 3.32. The molecule has 0 rings (SSSR count). The Morgan fingerprint density at radius 2 is 1.48 bits per heavy atom. The molecule has 8 heteroatoms. The lowest BCUT2D eigenvalue weighted by Gasteiger charge is -2.19. The van der Waals surface area contributed by atoms with Crippen LogP contribution in [0.2, 0.25) is 0 Å². The summed E-state index contributed by atoms with van der Waals surface area (Å²) in [6, 6.07) is 0. The van der Waals surface area contributed by atoms with Gasteiger partial charge >= 0.3 is 5.97 Å². The minimum Gasteiger partial charge on any atom is -0.460 e. The molecule has 0 aromatic heterocycles. The second kappa shape index (κ2) is 10.1. The SMILES string of the molecule is CC(C)(C)OC(=O)CCCOCCOCCOS(C)(=O)=O. The zero-order chi connectivity index (χ0) is 16.4. The van der Waals surface area contributed by atoms with Crippen molar-refractivity contribution >= 4 is 16.1 Å². The van der Waals surface area contributed by atoms with Gasteiger partial charge in [0.1, 0.15) is 5.60 Å². The molecule has 0 aromatic carbocycles. The van der Waals surface area contributed by atoms with E-state index in [1.807, 2.05) is 20.8 Å². The normalized spacial score (nSPS) is 12.4. The van der Waals surface area contributed by atoms with E-state index < -0.39 is 15.7 Å². The van der Waals surface area contributed by atoms with Crippen molar-refractivity contribution in [2.75, 3.05) is 39.3 Å². The average Bonchev–Trinajstić information content (AvgIpc) is 2.27. The van der Waals surface area contributed by atoms with Crippen LogP contribution < -0.4 is 0 Å². The molecule has 0 radical (unpaired) electrons. The van der Waals surface area contributed by atoms with E-state index in [-0.39, 0.29) is 19.2 Å². The maximum absolute atomic E-state index is 11.4. The molecule has 0 aromatic rings. The van der Waals surface area contributed by atoms with Crippen LogP contribution >= 0.6 is 0 Å². The Bertz CT molecular complexity index is 384. The Kier molecular flexibility index (Phi) is 9.76. The highest BCUT2D eigenvalue weighted by atomic mass is 32.2. The van der Waals surface area contributed by atoms with Gasteiger partial charge in [-0.25, -0.2) is 0 Å². The molecule has 126 valence electrons. The molecule has 0 bridgehead atoms. The van der Waals surface area contributed by atoms with Gasteiger partial charge in [0.2, 0.25) is 0 Å². The third kappa shape index (κ3) is 17.2. The number of esters is 1. The molecule has 0 aliphatic heterocycles. The number of hydrogen-bond acceptors (Lipinski definition) is 7. The molecule has 0 aliphatic rings. The first-order valence-electron chi connectivity index (χ1n) is 6.82. The van der Waals surface area contributed by atoms with E-state index >= 15 is 0 Å². The molecule has 0 N–H and O–H groups in total. The molecule has 0 atom stereocenters. The van der Waals surface area contributed by atoms with Gasteiger partial charge in [-0.1, -0.05) is 0 Å². The van der Waals surface area contributed by atoms with Crippen molar-refractivity contribution < 1.29 is 31.6 Å². The molecular formula is C13H26O7S. The number of hydrogen-bond donors (Lipinski definition) is 0. The average molecular weight is 326 g/mol. The predicted octanol–water partition coefficient (Wildman–Crippen LogP) is 1.12. The standard InChI is InChI=1S/C13H26O7S/c1-13(2,3)20-12(14)6-5-7-17-8-9-18-10-11-19-21(4,15)16/h5-11H2,1-4H3. The quantitative estimate of drug-likeness (QED) is 0.319. The smallest absolute Gasteiger partial charge is 0.306 e. The fraction of sp³-hybridized carbons (Fsp3) is 0.923. The van der Waals surface area contributed by atoms with Crippen LogP contribution in [0.3, 0.4) is 0 Å². The van der Waals surface area contributed by atoms with Crippen molar-refractivity contribution in [3.63, 3.8) is 0 Å². The van der Waals surface area contributed by atoms with Gasteiger partial charge in [-0.3, -0.25) is 8.98 Å². The molecule has 0 aliphatic carbocycles. The van der Waals surface area contributed by atoms with Gasteiger partial charge in [-0.15, -0.1) is 0 Å². The van der Waals surface area contributed by atoms with E-state index in [9.17, 15) is 13.2 Å². The zero-order valence-corrected chi connectivity index (χ0v) is 14.0. The number of ether oxygens (including phenoxy) is 3. The van der Waals surface area contributed by atoms with Gasteiger partial charge in [0.25, 0.3) is 10.1 Å². The third-order valence-electron chi connectivity index (χ3n) is 1.99. The number of carbonyl (C=O) groups is 1. The highest BCUT2D eigenvalue weighted by Crippen LogP contribution is 2.08. The monoisotopic (exact) mass is 326 g/mol. The Hall–Kier alpha value is -0.700. The summed E-state index contributed by atoms with van der Waals surface area (Å²) in [5, 5.41) is 0. The minimum atomic E-state index is -3.41. The summed E-state index contributed by atoms with van der Waals surface area (Å²) in [6.07, 6.45) is 1.90. The minimum absolute atomic E-state index is 0.00250. The van der Waals surface area contributed by atoms with Gasteiger partial charge in [-0.2, -0.15) is 8.42 Å². The molecule has 21 heavy (non-hydrogen) atoms. The molecule has 0 fully saturated rings. The van der Waals surface area contributed by atoms with Crippen molar-refractivity contribution in [3.8, 4) is 0 Å². The van der Waals surface area contributed by atoms with Crippen molar-refractivity contribution in [2.45, 2.75) is 39.2 Å². The van der Waals surface area contributed by atoms with E-state index in [2.05, 4.69) is 4.18 Å². The molecule has 0 spiro atoms. The highest BCUT2D eigenvalue weighted by molar-refractivity contribution is 7.85. The highest BCUT2D eigenvalue weighted by Gasteiger charge is 2.15. The van der Waals surface area contributed by atoms with Crippen LogP contribution in [0.1, 0.15) is 33.6 Å². The molecule has 0 unspecified atom stereocenters. The largest absolute Gasteiger partial charge is 0.460 e. The van der Waals surface area contributed by atoms with Crippen molar-refractivity contribution in [2.24, 2.45) is 0 Å². The molecule has 0 saturated heterocycles. The molecule has 0 amide bonds. The van der Waals surface area contributed by atoms with Crippen LogP contribution in [0.15, 0.2) is 0 Å². The second-order valence-corrected chi connectivity index (χ2v) is 7.08. The summed E-state index contributed by atoms with van der Waals surface area (Å²) in [5.74, 6) is -0.236. The summed E-state index contributed by atoms with van der Waals surface area (Å²) < 4.78 is 41.3. The number of rotatable bonds is 11. The Morgan fingerprint density at radius 1 is 0.952 bits per heavy atom. The van der Waals surface area contributed by atoms with Crippen molar-refractivity contribution in [3.05, 3.63) is 0 Å². The summed E-state index contributed by atoms with van der Waals surface area (Å²) in [5.41, 5.74) is -0.459. The summed E-state index contributed by atoms with van der Waals surface area (Å²) in [4.78, 5) is 11.4. The van der Waals surface area contributed by atoms with E-state index in [0.29, 0.717) is 32.7 Å². The molecule has 0 heterocycles. The van der Waals surface area contributed by atoms with Gasteiger partial charge in [0.15, 0.2) is 0 Å². The lowest BCUT2D eigenvalue weighted by atomic mass is 10.2. The van der Waals surface area contributed by atoms with Crippen LogP contribution in [-0.2, 0) is 33.3 Å². The first kappa shape index (κ1) is 20.3. The van der Waals surface area contributed by atoms with Crippen LogP contribution in [0.4, 0.5) is 0 Å². The maximum atomic E-state index is 11.4. The van der Waals surface area contributed by atoms with Gasteiger partial charge in [-0.05, 0) is 27.2 Å². The van der Waals surface area contributed by atoms with Gasteiger partial charge in [0, 0.05) is 13.0 Å². The van der Waals surface area contributed by atoms with Crippen LogP contribution in [-0.4, -0.2) is 59.3 Å². The second-order valence-electron chi connectivity index (χ2n) is 5.44. The van der Waals surface area contributed by atoms with Crippen LogP contribution in [0.5, 0.6) is 0 Å². The fourth-order valence-electron chi connectivity index (χ4n) is 1.28. The van der Waals surface area contributed by atoms with Crippen molar-refractivity contribution in [1.82, 2.24) is 0 Å². The van der Waals surface area contributed by atoms with Gasteiger partial charge in [0.05, 0.1) is 32.7 Å². The first-order chi connectivity index (χ1) is 9.60. The summed E-state index contributed by atoms with van der Waals surface area (Å²) in [7, 11) is -3.41. The molecule has 7 nitrogen and oxygen atoms in total. The van der Waals surface area contributed by atoms with E-state index in [0.717, 1.165) is 6.26 Å².